The summed E-state index contributed by atoms with van der Waals surface area (Å²) in [5.74, 6) is 0. The summed E-state index contributed by atoms with van der Waals surface area (Å²) < 4.78 is 71.8. The molecule has 1 aliphatic heterocycles. The molecule has 0 saturated carbocycles. The molecule has 6 nitrogen and oxygen atoms in total. The number of fused-ring (bicyclic) bond motifs is 1. The van der Waals surface area contributed by atoms with Gasteiger partial charge in [0.2, 0.25) is 10.0 Å². The van der Waals surface area contributed by atoms with Gasteiger partial charge in [-0.2, -0.15) is 26.2 Å². The van der Waals surface area contributed by atoms with E-state index in [1.54, 1.807) is 12.1 Å². The Bertz CT molecular complexity index is 798. The lowest BCUT2D eigenvalue weighted by Crippen LogP contribution is -2.50. The first-order chi connectivity index (χ1) is 10.8. The van der Waals surface area contributed by atoms with Crippen LogP contribution in [0, 0.1) is 0 Å². The van der Waals surface area contributed by atoms with E-state index >= 15 is 0 Å². The number of hydrogen-bond acceptors (Lipinski definition) is 6. The fraction of sp³-hybridized carbons (Fsp3) is 0.500. The Balaban J connectivity index is 1.78. The first-order valence-corrected chi connectivity index (χ1v) is 8.95. The zero-order valence-electron chi connectivity index (χ0n) is 11.8. The Kier molecular flexibility index (Phi) is 4.29. The highest BCUT2D eigenvalue weighted by Gasteiger charge is 2.35. The van der Waals surface area contributed by atoms with Gasteiger partial charge >= 0.3 is 6.18 Å². The van der Waals surface area contributed by atoms with E-state index in [1.165, 1.54) is 15.3 Å². The van der Waals surface area contributed by atoms with Gasteiger partial charge in [-0.05, 0) is 12.1 Å². The molecule has 0 amide bonds. The minimum atomic E-state index is -4.28. The molecule has 1 aromatic heterocycles. The van der Waals surface area contributed by atoms with Crippen molar-refractivity contribution < 1.29 is 21.6 Å². The molecule has 23 heavy (non-hydrogen) atoms. The van der Waals surface area contributed by atoms with Crippen molar-refractivity contribution in [2.24, 2.45) is 0 Å². The number of alkyl halides is 3. The van der Waals surface area contributed by atoms with Crippen molar-refractivity contribution in [2.45, 2.75) is 11.1 Å². The summed E-state index contributed by atoms with van der Waals surface area (Å²) in [6, 6.07) is 4.69. The Labute approximate surface area is 134 Å². The molecule has 0 atom stereocenters. The van der Waals surface area contributed by atoms with E-state index in [0.29, 0.717) is 11.0 Å². The number of halogens is 3. The fourth-order valence-electron chi connectivity index (χ4n) is 2.51. The van der Waals surface area contributed by atoms with Crippen LogP contribution in [0.1, 0.15) is 0 Å². The number of hydrogen-bond donors (Lipinski definition) is 0. The van der Waals surface area contributed by atoms with Crippen molar-refractivity contribution in [1.82, 2.24) is 18.0 Å². The minimum absolute atomic E-state index is 0.0202. The summed E-state index contributed by atoms with van der Waals surface area (Å²) in [5, 5.41) is 0. The first kappa shape index (κ1) is 16.6. The summed E-state index contributed by atoms with van der Waals surface area (Å²) in [6.45, 7) is -0.890. The molecule has 0 N–H and O–H groups in total. The van der Waals surface area contributed by atoms with Gasteiger partial charge in [-0.1, -0.05) is 6.07 Å². The van der Waals surface area contributed by atoms with E-state index in [0.717, 1.165) is 11.7 Å². The van der Waals surface area contributed by atoms with E-state index in [1.807, 2.05) is 0 Å². The van der Waals surface area contributed by atoms with Gasteiger partial charge in [0, 0.05) is 26.2 Å². The van der Waals surface area contributed by atoms with Crippen LogP contribution in [-0.2, 0) is 10.0 Å². The molecule has 1 saturated heterocycles. The summed E-state index contributed by atoms with van der Waals surface area (Å²) in [7, 11) is -3.80. The lowest BCUT2D eigenvalue weighted by molar-refractivity contribution is -0.148. The predicted molar refractivity (Wildman–Crippen MR) is 78.7 cm³/mol. The van der Waals surface area contributed by atoms with Crippen LogP contribution in [0.2, 0.25) is 0 Å². The Morgan fingerprint density at radius 3 is 2.48 bits per heavy atom. The molecule has 1 fully saturated rings. The zero-order chi connectivity index (χ0) is 16.7. The molecule has 2 heterocycles. The number of benzene rings is 1. The van der Waals surface area contributed by atoms with Gasteiger partial charge in [-0.15, -0.1) is 0 Å². The highest BCUT2D eigenvalue weighted by molar-refractivity contribution is 7.89. The number of rotatable bonds is 3. The minimum Gasteiger partial charge on any atom is -0.292 e. The van der Waals surface area contributed by atoms with Gasteiger partial charge in [0.15, 0.2) is 0 Å². The topological polar surface area (TPSA) is 66.4 Å². The van der Waals surface area contributed by atoms with E-state index < -0.39 is 22.7 Å². The summed E-state index contributed by atoms with van der Waals surface area (Å²) in [4.78, 5) is 1.25. The molecule has 0 unspecified atom stereocenters. The lowest BCUT2D eigenvalue weighted by Gasteiger charge is -2.34. The van der Waals surface area contributed by atoms with Gasteiger partial charge in [-0.25, -0.2) is 8.42 Å². The molecule has 2 aromatic rings. The average Bonchev–Trinajstić information content (AvgIpc) is 2.94. The monoisotopic (exact) mass is 366 g/mol. The smallest absolute Gasteiger partial charge is 0.292 e. The zero-order valence-corrected chi connectivity index (χ0v) is 13.5. The third-order valence-electron chi connectivity index (χ3n) is 3.60. The molecule has 3 rings (SSSR count). The van der Waals surface area contributed by atoms with Crippen LogP contribution < -0.4 is 0 Å². The summed E-state index contributed by atoms with van der Waals surface area (Å²) in [6.07, 6.45) is -4.28. The standard InChI is InChI=1S/C12H13F3N4O2S2/c13-12(14,15)8-18-4-6-19(7-5-18)23(20,21)10-3-1-2-9-11(10)17-22-16-9/h1-3H,4-8H2. The van der Waals surface area contributed by atoms with Crippen LogP contribution in [0.5, 0.6) is 0 Å². The van der Waals surface area contributed by atoms with E-state index in [4.69, 9.17) is 0 Å². The van der Waals surface area contributed by atoms with Crippen molar-refractivity contribution >= 4 is 32.8 Å². The molecule has 11 heteroatoms. The highest BCUT2D eigenvalue weighted by atomic mass is 32.2. The molecule has 126 valence electrons. The quantitative estimate of drug-likeness (QED) is 0.825. The summed E-state index contributed by atoms with van der Waals surface area (Å²) >= 11 is 0.920. The third kappa shape index (κ3) is 3.47. The van der Waals surface area contributed by atoms with E-state index in [9.17, 15) is 21.6 Å². The summed E-state index contributed by atoms with van der Waals surface area (Å²) in [5.41, 5.74) is 0.794. The number of nitrogens with zero attached hydrogens (tertiary/aromatic N) is 4. The van der Waals surface area contributed by atoms with Crippen molar-refractivity contribution in [3.63, 3.8) is 0 Å². The van der Waals surface area contributed by atoms with Gasteiger partial charge in [0.1, 0.15) is 15.9 Å². The van der Waals surface area contributed by atoms with Gasteiger partial charge in [-0.3, -0.25) is 4.90 Å². The normalized spacial score (nSPS) is 18.6. The molecule has 0 aliphatic carbocycles. The van der Waals surface area contributed by atoms with Crippen LogP contribution in [0.4, 0.5) is 13.2 Å². The lowest BCUT2D eigenvalue weighted by atomic mass is 10.3. The van der Waals surface area contributed by atoms with Gasteiger partial charge < -0.3 is 0 Å². The second kappa shape index (κ2) is 5.96. The van der Waals surface area contributed by atoms with Crippen LogP contribution in [0.3, 0.4) is 0 Å². The van der Waals surface area contributed by atoms with E-state index in [2.05, 4.69) is 8.75 Å². The second-order valence-electron chi connectivity index (χ2n) is 5.18. The third-order valence-corrected chi connectivity index (χ3v) is 6.07. The molecule has 1 aliphatic rings. The van der Waals surface area contributed by atoms with E-state index in [-0.39, 0.29) is 31.1 Å². The Morgan fingerprint density at radius 2 is 1.83 bits per heavy atom. The number of piperazine rings is 1. The second-order valence-corrected chi connectivity index (χ2v) is 7.62. The molecule has 0 bridgehead atoms. The Hall–Kier alpha value is -1.30. The average molecular weight is 366 g/mol. The Morgan fingerprint density at radius 1 is 1.13 bits per heavy atom. The predicted octanol–water partition coefficient (Wildman–Crippen LogP) is 1.56. The highest BCUT2D eigenvalue weighted by Crippen LogP contribution is 2.25. The first-order valence-electron chi connectivity index (χ1n) is 6.78. The molecule has 0 spiro atoms. The molecular weight excluding hydrogens is 353 g/mol. The van der Waals surface area contributed by atoms with Crippen LogP contribution >= 0.6 is 11.7 Å². The molecule has 0 radical (unpaired) electrons. The maximum absolute atomic E-state index is 12.7. The SMILES string of the molecule is O=S(=O)(c1cccc2nsnc12)N1CCN(CC(F)(F)F)CC1. The van der Waals surface area contributed by atoms with Crippen LogP contribution in [-0.4, -0.2) is 65.3 Å². The van der Waals surface area contributed by atoms with Gasteiger partial charge in [0.25, 0.3) is 0 Å². The molecular formula is C12H13F3N4O2S2. The largest absolute Gasteiger partial charge is 0.401 e. The van der Waals surface area contributed by atoms with Crippen molar-refractivity contribution in [2.75, 3.05) is 32.7 Å². The van der Waals surface area contributed by atoms with Crippen molar-refractivity contribution in [3.05, 3.63) is 18.2 Å². The number of aromatic nitrogens is 2. The fourth-order valence-corrected chi connectivity index (χ4v) is 4.68. The maximum Gasteiger partial charge on any atom is 0.401 e. The van der Waals surface area contributed by atoms with Crippen molar-refractivity contribution in [1.29, 1.82) is 0 Å². The molecule has 1 aromatic carbocycles. The van der Waals surface area contributed by atoms with Gasteiger partial charge in [0.05, 0.1) is 18.3 Å². The maximum atomic E-state index is 12.7. The van der Waals surface area contributed by atoms with Crippen LogP contribution in [0.15, 0.2) is 23.1 Å². The van der Waals surface area contributed by atoms with Crippen LogP contribution in [0.25, 0.3) is 11.0 Å². The number of sulfonamides is 1. The van der Waals surface area contributed by atoms with Crippen molar-refractivity contribution in [3.8, 4) is 0 Å².